The number of imidazole rings is 3. The lowest BCUT2D eigenvalue weighted by molar-refractivity contribution is 0.416. The topological polar surface area (TPSA) is 158 Å². The lowest BCUT2D eigenvalue weighted by Crippen LogP contribution is -2.43. The van der Waals surface area contributed by atoms with Crippen molar-refractivity contribution in [3.63, 3.8) is 0 Å². The lowest BCUT2D eigenvalue weighted by Gasteiger charge is -2.38. The zero-order chi connectivity index (χ0) is 77.6. The Hall–Kier alpha value is -10.3. The molecule has 15 nitrogen and oxygen atoms in total. The average Bonchev–Trinajstić information content (AvgIpc) is 1.33. The standard InChI is InChI=1S/3C30H36N4OSi/c3*1-21(2)36(22(3)4,23(5)6)17-16-25-14-11-15-26(35-7)27(25)28-29-30(32-19-31-28)34(20-33-29)18-24-12-9-8-10-13-24/h3*8-15,19-23H,18H2,1-7H3. The number of aromatic nitrogens is 12. The molecular formula is C90H108N12O3Si3. The van der Waals surface area contributed by atoms with Gasteiger partial charge in [0.05, 0.1) is 76.6 Å². The number of methoxy groups -OCH3 is 3. The molecule has 0 saturated heterocycles. The Morgan fingerprint density at radius 2 is 0.519 bits per heavy atom. The fraction of sp³-hybridized carbons (Fsp3) is 0.367. The maximum absolute atomic E-state index is 5.81. The third-order valence-corrected chi connectivity index (χ3v) is 40.9. The van der Waals surface area contributed by atoms with Crippen LogP contribution >= 0.6 is 0 Å². The molecule has 6 aromatic carbocycles. The Kier molecular flexibility index (Phi) is 26.5. The van der Waals surface area contributed by atoms with Crippen LogP contribution < -0.4 is 14.2 Å². The molecule has 0 aliphatic carbocycles. The van der Waals surface area contributed by atoms with Crippen LogP contribution in [0.25, 0.3) is 67.3 Å². The Morgan fingerprint density at radius 3 is 0.731 bits per heavy atom. The molecule has 0 N–H and O–H groups in total. The summed E-state index contributed by atoms with van der Waals surface area (Å²) in [4.78, 5) is 42.1. The summed E-state index contributed by atoms with van der Waals surface area (Å²) < 4.78 is 23.6. The van der Waals surface area contributed by atoms with Crippen LogP contribution in [0.5, 0.6) is 17.2 Å². The van der Waals surface area contributed by atoms with Gasteiger partial charge in [0, 0.05) is 16.7 Å². The summed E-state index contributed by atoms with van der Waals surface area (Å²) in [6, 6.07) is 49.1. The first-order chi connectivity index (χ1) is 51.9. The average molecular weight is 1490 g/mol. The number of nitrogens with zero attached hydrogens (tertiary/aromatic N) is 12. The van der Waals surface area contributed by atoms with Gasteiger partial charge < -0.3 is 27.9 Å². The fourth-order valence-electron chi connectivity index (χ4n) is 16.9. The van der Waals surface area contributed by atoms with Crippen LogP contribution in [0.3, 0.4) is 0 Å². The predicted molar refractivity (Wildman–Crippen MR) is 452 cm³/mol. The van der Waals surface area contributed by atoms with E-state index in [2.05, 4.69) is 242 Å². The Labute approximate surface area is 644 Å². The summed E-state index contributed by atoms with van der Waals surface area (Å²) in [5.41, 5.74) is 32.4. The zero-order valence-electron chi connectivity index (χ0n) is 67.2. The Bertz CT molecular complexity index is 4640. The van der Waals surface area contributed by atoms with Crippen LogP contribution in [0.4, 0.5) is 0 Å². The van der Waals surface area contributed by atoms with Crippen LogP contribution in [0.15, 0.2) is 184 Å². The van der Waals surface area contributed by atoms with Crippen LogP contribution in [-0.2, 0) is 19.6 Å². The van der Waals surface area contributed by atoms with Gasteiger partial charge in [0.2, 0.25) is 0 Å². The first-order valence-electron chi connectivity index (χ1n) is 38.1. The summed E-state index contributed by atoms with van der Waals surface area (Å²) in [6.07, 6.45) is 10.3. The number of rotatable bonds is 21. The molecule has 0 saturated carbocycles. The van der Waals surface area contributed by atoms with E-state index in [0.717, 1.165) is 101 Å². The third kappa shape index (κ3) is 16.7. The van der Waals surface area contributed by atoms with E-state index in [4.69, 9.17) is 44.1 Å². The fourth-order valence-corrected chi connectivity index (χ4v) is 32.5. The van der Waals surface area contributed by atoms with Gasteiger partial charge in [-0.1, -0.05) is 252 Å². The molecule has 6 heterocycles. The molecule has 0 aliphatic heterocycles. The molecule has 558 valence electrons. The van der Waals surface area contributed by atoms with E-state index < -0.39 is 24.2 Å². The first-order valence-corrected chi connectivity index (χ1v) is 44.8. The van der Waals surface area contributed by atoms with Crippen molar-refractivity contribution >= 4 is 57.7 Å². The zero-order valence-corrected chi connectivity index (χ0v) is 70.2. The largest absolute Gasteiger partial charge is 0.496 e. The molecular weight excluding hydrogens is 1380 g/mol. The third-order valence-electron chi connectivity index (χ3n) is 22.1. The van der Waals surface area contributed by atoms with Gasteiger partial charge in [-0.15, -0.1) is 16.6 Å². The van der Waals surface area contributed by atoms with E-state index in [9.17, 15) is 0 Å². The van der Waals surface area contributed by atoms with Crippen LogP contribution in [0, 0.1) is 34.4 Å². The van der Waals surface area contributed by atoms with Crippen LogP contribution in [-0.4, -0.2) is 104 Å². The molecule has 6 aromatic heterocycles. The molecule has 0 atom stereocenters. The smallest absolute Gasteiger partial charge is 0.164 e. The van der Waals surface area contributed by atoms with Crippen molar-refractivity contribution in [2.24, 2.45) is 0 Å². The lowest BCUT2D eigenvalue weighted by atomic mass is 10.0. The molecule has 0 bridgehead atoms. The highest BCUT2D eigenvalue weighted by atomic mass is 28.3. The van der Waals surface area contributed by atoms with E-state index in [-0.39, 0.29) is 0 Å². The number of fused-ring (bicyclic) bond motifs is 3. The summed E-state index contributed by atoms with van der Waals surface area (Å²) in [5, 5.41) is 0. The van der Waals surface area contributed by atoms with Gasteiger partial charge in [0.15, 0.2) is 16.9 Å². The summed E-state index contributed by atoms with van der Waals surface area (Å²) in [5.74, 6) is 13.1. The molecule has 0 fully saturated rings. The number of ether oxygens (including phenoxy) is 3. The molecule has 108 heavy (non-hydrogen) atoms. The van der Waals surface area contributed by atoms with Crippen LogP contribution in [0.1, 0.15) is 158 Å². The van der Waals surface area contributed by atoms with Gasteiger partial charge >= 0.3 is 0 Å². The van der Waals surface area contributed by atoms with Crippen molar-refractivity contribution < 1.29 is 14.2 Å². The minimum Gasteiger partial charge on any atom is -0.496 e. The van der Waals surface area contributed by atoms with Gasteiger partial charge in [-0.25, -0.2) is 44.9 Å². The summed E-state index contributed by atoms with van der Waals surface area (Å²) in [6.45, 7) is 44.1. The SMILES string of the molecule is COc1cccc(C#C[Si](C(C)C)(C(C)C)C(C)C)c1-c1ncnc2c1ncn2Cc1ccccc1.COc1cccc(C#C[Si](C(C)C)(C(C)C)C(C)C)c1-c1ncnc2c1ncn2Cc1ccccc1.COc1cccc(C#C[Si](C(C)C)(C(C)C)C(C)C)c1-c1ncnc2c1ncn2Cc1ccccc1. The molecule has 0 aliphatic rings. The van der Waals surface area contributed by atoms with E-state index in [1.54, 1.807) is 40.3 Å². The highest BCUT2D eigenvalue weighted by molar-refractivity contribution is 6.91. The minimum absolute atomic E-state index is 0.554. The van der Waals surface area contributed by atoms with E-state index in [1.165, 1.54) is 16.7 Å². The Balaban J connectivity index is 0.000000173. The molecule has 0 amide bonds. The summed E-state index contributed by atoms with van der Waals surface area (Å²) in [7, 11) is -0.650. The highest BCUT2D eigenvalue weighted by Gasteiger charge is 2.44. The second-order valence-corrected chi connectivity index (χ2v) is 47.6. The monoisotopic (exact) mass is 1490 g/mol. The van der Waals surface area contributed by atoms with Crippen molar-refractivity contribution in [2.45, 2.75) is 194 Å². The highest BCUT2D eigenvalue weighted by Crippen LogP contribution is 2.46. The van der Waals surface area contributed by atoms with Crippen molar-refractivity contribution in [2.75, 3.05) is 21.3 Å². The van der Waals surface area contributed by atoms with Gasteiger partial charge in [-0.3, -0.25) is 0 Å². The van der Waals surface area contributed by atoms with Gasteiger partial charge in [0.25, 0.3) is 0 Å². The second kappa shape index (κ2) is 35.6. The van der Waals surface area contributed by atoms with Crippen molar-refractivity contribution in [1.82, 2.24) is 58.6 Å². The Morgan fingerprint density at radius 1 is 0.287 bits per heavy atom. The maximum atomic E-state index is 5.81. The first kappa shape index (κ1) is 80.2. The minimum atomic E-state index is -1.91. The molecule has 18 heteroatoms. The number of benzene rings is 6. The van der Waals surface area contributed by atoms with Gasteiger partial charge in [-0.2, -0.15) is 0 Å². The number of hydrogen-bond acceptors (Lipinski definition) is 12. The maximum Gasteiger partial charge on any atom is 0.164 e. The van der Waals surface area contributed by atoms with Crippen molar-refractivity contribution in [3.05, 3.63) is 217 Å². The predicted octanol–water partition coefficient (Wildman–Crippen LogP) is 21.4. The van der Waals surface area contributed by atoms with Gasteiger partial charge in [0.1, 0.15) is 94.1 Å². The quantitative estimate of drug-likeness (QED) is 0.0496. The van der Waals surface area contributed by atoms with E-state index in [1.807, 2.05) is 110 Å². The molecule has 12 rings (SSSR count). The van der Waals surface area contributed by atoms with Gasteiger partial charge in [-0.05, 0) is 103 Å². The van der Waals surface area contributed by atoms with Crippen molar-refractivity contribution in [1.29, 1.82) is 0 Å². The van der Waals surface area contributed by atoms with Crippen molar-refractivity contribution in [3.8, 4) is 85.4 Å². The number of hydrogen-bond donors (Lipinski definition) is 0. The summed E-state index contributed by atoms with van der Waals surface area (Å²) >= 11 is 0. The van der Waals surface area contributed by atoms with Crippen LogP contribution in [0.2, 0.25) is 49.9 Å². The molecule has 0 spiro atoms. The molecule has 0 unspecified atom stereocenters. The second-order valence-electron chi connectivity index (χ2n) is 30.8. The normalized spacial score (nSPS) is 11.8. The van der Waals surface area contributed by atoms with E-state index in [0.29, 0.717) is 69.5 Å². The van der Waals surface area contributed by atoms with E-state index >= 15 is 0 Å². The molecule has 12 aromatic rings. The molecule has 0 radical (unpaired) electrons.